The second kappa shape index (κ2) is 6.72. The Morgan fingerprint density at radius 1 is 1.39 bits per heavy atom. The molecule has 2 saturated heterocycles. The second-order valence-electron chi connectivity index (χ2n) is 5.66. The first kappa shape index (κ1) is 17.2. The fourth-order valence-electron chi connectivity index (χ4n) is 2.87. The van der Waals surface area contributed by atoms with Crippen molar-refractivity contribution in [2.24, 2.45) is 4.99 Å². The van der Waals surface area contributed by atoms with Gasteiger partial charge in [0.05, 0.1) is 23.2 Å². The molecule has 2 heterocycles. The van der Waals surface area contributed by atoms with Gasteiger partial charge in [0.2, 0.25) is 5.91 Å². The van der Waals surface area contributed by atoms with Gasteiger partial charge in [0.25, 0.3) is 0 Å². The SMILES string of the molecule is CCCC(=O)N=C1S[C@@H]2CS(=O)(=O)C[C@@H]2N1c1ccccc1I. The summed E-state index contributed by atoms with van der Waals surface area (Å²) >= 11 is 3.65. The van der Waals surface area contributed by atoms with Crippen molar-refractivity contribution < 1.29 is 13.2 Å². The van der Waals surface area contributed by atoms with Gasteiger partial charge in [-0.2, -0.15) is 4.99 Å². The number of anilines is 1. The number of fused-ring (bicyclic) bond motifs is 1. The molecule has 0 aliphatic carbocycles. The molecule has 0 radical (unpaired) electrons. The zero-order valence-electron chi connectivity index (χ0n) is 12.6. The Kier molecular flexibility index (Phi) is 5.03. The summed E-state index contributed by atoms with van der Waals surface area (Å²) in [5, 5.41) is 0.585. The third kappa shape index (κ3) is 3.58. The van der Waals surface area contributed by atoms with Crippen molar-refractivity contribution in [3.05, 3.63) is 27.8 Å². The second-order valence-corrected chi connectivity index (χ2v) is 10.2. The maximum Gasteiger partial charge on any atom is 0.248 e. The largest absolute Gasteiger partial charge is 0.315 e. The number of amidine groups is 1. The van der Waals surface area contributed by atoms with E-state index in [0.717, 1.165) is 15.7 Å². The molecule has 0 N–H and O–H groups in total. The molecule has 1 aromatic carbocycles. The lowest BCUT2D eigenvalue weighted by Gasteiger charge is -2.25. The average Bonchev–Trinajstić information content (AvgIpc) is 2.91. The number of halogens is 1. The van der Waals surface area contributed by atoms with Crippen LogP contribution in [-0.2, 0) is 14.6 Å². The van der Waals surface area contributed by atoms with E-state index in [1.165, 1.54) is 11.8 Å². The molecule has 2 fully saturated rings. The molecular weight excluding hydrogens is 447 g/mol. The number of aliphatic imine (C=N–C) groups is 1. The summed E-state index contributed by atoms with van der Waals surface area (Å²) in [6.07, 6.45) is 1.17. The molecule has 124 valence electrons. The van der Waals surface area contributed by atoms with Gasteiger partial charge >= 0.3 is 0 Å². The first-order chi connectivity index (χ1) is 10.9. The van der Waals surface area contributed by atoms with Crippen LogP contribution in [0, 0.1) is 3.57 Å². The van der Waals surface area contributed by atoms with Gasteiger partial charge in [-0.25, -0.2) is 8.42 Å². The van der Waals surface area contributed by atoms with Crippen LogP contribution in [0.4, 0.5) is 5.69 Å². The van der Waals surface area contributed by atoms with E-state index in [-0.39, 0.29) is 28.7 Å². The van der Waals surface area contributed by atoms with Crippen LogP contribution in [0.2, 0.25) is 0 Å². The van der Waals surface area contributed by atoms with E-state index in [4.69, 9.17) is 0 Å². The zero-order valence-corrected chi connectivity index (χ0v) is 16.4. The van der Waals surface area contributed by atoms with Crippen molar-refractivity contribution in [1.29, 1.82) is 0 Å². The summed E-state index contributed by atoms with van der Waals surface area (Å²) < 4.78 is 25.0. The number of thioether (sulfide) groups is 1. The Hall–Kier alpha value is -0.610. The van der Waals surface area contributed by atoms with Crippen molar-refractivity contribution in [2.75, 3.05) is 16.4 Å². The molecule has 2 atom stereocenters. The smallest absolute Gasteiger partial charge is 0.248 e. The first-order valence-electron chi connectivity index (χ1n) is 7.43. The number of sulfone groups is 1. The van der Waals surface area contributed by atoms with Crippen LogP contribution in [0.25, 0.3) is 0 Å². The van der Waals surface area contributed by atoms with Gasteiger partial charge in [0.1, 0.15) is 0 Å². The minimum Gasteiger partial charge on any atom is -0.315 e. The van der Waals surface area contributed by atoms with Gasteiger partial charge in [-0.3, -0.25) is 4.79 Å². The Morgan fingerprint density at radius 3 is 2.83 bits per heavy atom. The molecule has 2 aliphatic rings. The molecule has 0 spiro atoms. The number of rotatable bonds is 3. The zero-order chi connectivity index (χ0) is 16.6. The van der Waals surface area contributed by atoms with E-state index in [2.05, 4.69) is 27.6 Å². The quantitative estimate of drug-likeness (QED) is 0.644. The maximum absolute atomic E-state index is 12.0. The molecule has 8 heteroatoms. The van der Waals surface area contributed by atoms with Crippen LogP contribution < -0.4 is 4.90 Å². The maximum atomic E-state index is 12.0. The number of para-hydroxylation sites is 1. The third-order valence-corrected chi connectivity index (χ3v) is 7.98. The topological polar surface area (TPSA) is 66.8 Å². The van der Waals surface area contributed by atoms with Crippen molar-refractivity contribution in [1.82, 2.24) is 0 Å². The van der Waals surface area contributed by atoms with Gasteiger partial charge in [0, 0.05) is 15.2 Å². The molecule has 2 aliphatic heterocycles. The van der Waals surface area contributed by atoms with Gasteiger partial charge < -0.3 is 4.90 Å². The molecule has 1 aromatic rings. The summed E-state index contributed by atoms with van der Waals surface area (Å²) in [7, 11) is -3.03. The molecule has 0 bridgehead atoms. The standard InChI is InChI=1S/C15H17IN2O3S2/c1-2-5-14(19)17-15-18(11-7-4-3-6-10(11)16)12-8-23(20,21)9-13(12)22-15/h3-4,6-7,12-13H,2,5,8-9H2,1H3/t12-,13+/m0/s1. The van der Waals surface area contributed by atoms with Crippen molar-refractivity contribution in [3.8, 4) is 0 Å². The summed E-state index contributed by atoms with van der Waals surface area (Å²) in [6, 6.07) is 7.65. The van der Waals surface area contributed by atoms with E-state index in [1.807, 2.05) is 36.1 Å². The lowest BCUT2D eigenvalue weighted by atomic mass is 10.2. The van der Waals surface area contributed by atoms with E-state index in [9.17, 15) is 13.2 Å². The van der Waals surface area contributed by atoms with Crippen LogP contribution >= 0.6 is 34.4 Å². The molecule has 3 rings (SSSR count). The number of amides is 1. The molecule has 0 saturated carbocycles. The number of carbonyl (C=O) groups is 1. The van der Waals surface area contributed by atoms with E-state index >= 15 is 0 Å². The summed E-state index contributed by atoms with van der Waals surface area (Å²) in [5.74, 6) is 0.133. The molecule has 0 aromatic heterocycles. The fraction of sp³-hybridized carbons (Fsp3) is 0.467. The normalized spacial score (nSPS) is 27.4. The minimum absolute atomic E-state index is 0.0517. The van der Waals surface area contributed by atoms with E-state index in [0.29, 0.717) is 11.6 Å². The molecule has 1 amide bonds. The summed E-state index contributed by atoms with van der Waals surface area (Å²) in [5.41, 5.74) is 0.924. The average molecular weight is 464 g/mol. The Balaban J connectivity index is 2.01. The number of benzene rings is 1. The monoisotopic (exact) mass is 464 g/mol. The predicted molar refractivity (Wildman–Crippen MR) is 103 cm³/mol. The highest BCUT2D eigenvalue weighted by Crippen LogP contribution is 2.42. The van der Waals surface area contributed by atoms with Crippen molar-refractivity contribution >= 4 is 61.0 Å². The van der Waals surface area contributed by atoms with Crippen molar-refractivity contribution in [2.45, 2.75) is 31.1 Å². The fourth-order valence-corrected chi connectivity index (χ4v) is 7.44. The van der Waals surface area contributed by atoms with Gasteiger partial charge in [-0.1, -0.05) is 30.8 Å². The third-order valence-electron chi connectivity index (χ3n) is 3.86. The van der Waals surface area contributed by atoms with E-state index in [1.54, 1.807) is 0 Å². The number of hydrogen-bond acceptors (Lipinski definition) is 4. The molecule has 0 unspecified atom stereocenters. The molecule has 5 nitrogen and oxygen atoms in total. The summed E-state index contributed by atoms with van der Waals surface area (Å²) in [4.78, 5) is 18.2. The van der Waals surface area contributed by atoms with Gasteiger partial charge in [0.15, 0.2) is 15.0 Å². The Bertz CT molecular complexity index is 764. The summed E-state index contributed by atoms with van der Waals surface area (Å²) in [6.45, 7) is 1.94. The number of hydrogen-bond donors (Lipinski definition) is 0. The lowest BCUT2D eigenvalue weighted by molar-refractivity contribution is -0.117. The number of nitrogens with zero attached hydrogens (tertiary/aromatic N) is 2. The van der Waals surface area contributed by atoms with Crippen LogP contribution in [0.15, 0.2) is 29.3 Å². The Morgan fingerprint density at radius 2 is 2.13 bits per heavy atom. The van der Waals surface area contributed by atoms with Gasteiger partial charge in [-0.15, -0.1) is 0 Å². The van der Waals surface area contributed by atoms with Crippen molar-refractivity contribution in [3.63, 3.8) is 0 Å². The van der Waals surface area contributed by atoms with Crippen LogP contribution in [-0.4, -0.2) is 42.3 Å². The number of carbonyl (C=O) groups excluding carboxylic acids is 1. The lowest BCUT2D eigenvalue weighted by Crippen LogP contribution is -2.38. The minimum atomic E-state index is -3.03. The van der Waals surface area contributed by atoms with Crippen LogP contribution in [0.1, 0.15) is 19.8 Å². The Labute approximate surface area is 154 Å². The first-order valence-corrected chi connectivity index (χ1v) is 11.2. The highest BCUT2D eigenvalue weighted by molar-refractivity contribution is 14.1. The molecule has 23 heavy (non-hydrogen) atoms. The predicted octanol–water partition coefficient (Wildman–Crippen LogP) is 2.69. The van der Waals surface area contributed by atoms with Gasteiger partial charge in [-0.05, 0) is 41.1 Å². The van der Waals surface area contributed by atoms with E-state index < -0.39 is 9.84 Å². The van der Waals surface area contributed by atoms with Crippen LogP contribution in [0.5, 0.6) is 0 Å². The molecular formula is C15H17IN2O3S2. The highest BCUT2D eigenvalue weighted by Gasteiger charge is 2.49. The van der Waals surface area contributed by atoms with Crippen LogP contribution in [0.3, 0.4) is 0 Å². The highest BCUT2D eigenvalue weighted by atomic mass is 127.